The lowest BCUT2D eigenvalue weighted by Crippen LogP contribution is -2.05. The van der Waals surface area contributed by atoms with Crippen LogP contribution in [-0.2, 0) is 6.54 Å². The van der Waals surface area contributed by atoms with E-state index in [0.29, 0.717) is 17.2 Å². The van der Waals surface area contributed by atoms with E-state index in [1.807, 2.05) is 24.6 Å². The highest BCUT2D eigenvalue weighted by Gasteiger charge is 2.18. The van der Waals surface area contributed by atoms with E-state index in [2.05, 4.69) is 10.3 Å². The Balaban J connectivity index is 2.49. The Bertz CT molecular complexity index is 584. The zero-order valence-corrected chi connectivity index (χ0v) is 12.8. The van der Waals surface area contributed by atoms with Crippen LogP contribution in [0.15, 0.2) is 17.5 Å². The molecule has 0 amide bonds. The lowest BCUT2D eigenvalue weighted by Gasteiger charge is -2.14. The molecular weight excluding hydrogens is 276 g/mol. The lowest BCUT2D eigenvalue weighted by molar-refractivity contribution is 0.325. The number of rotatable bonds is 6. The van der Waals surface area contributed by atoms with E-state index in [9.17, 15) is 0 Å². The van der Waals surface area contributed by atoms with E-state index in [1.165, 1.54) is 0 Å². The first-order valence-corrected chi connectivity index (χ1v) is 7.01. The highest BCUT2D eigenvalue weighted by atomic mass is 32.1. The van der Waals surface area contributed by atoms with E-state index in [-0.39, 0.29) is 0 Å². The summed E-state index contributed by atoms with van der Waals surface area (Å²) in [6.45, 7) is 0.742. The molecule has 0 radical (unpaired) electrons. The lowest BCUT2D eigenvalue weighted by atomic mass is 10.1. The Hall–Kier alpha value is -1.79. The molecule has 0 aliphatic heterocycles. The fourth-order valence-electron chi connectivity index (χ4n) is 1.96. The van der Waals surface area contributed by atoms with E-state index >= 15 is 0 Å². The van der Waals surface area contributed by atoms with Crippen molar-refractivity contribution in [2.45, 2.75) is 6.54 Å². The van der Waals surface area contributed by atoms with Gasteiger partial charge in [-0.1, -0.05) is 0 Å². The number of hydrogen-bond donors (Lipinski definition) is 1. The molecule has 1 aromatic heterocycles. The first-order valence-electron chi connectivity index (χ1n) is 6.13. The normalized spacial score (nSPS) is 10.4. The minimum Gasteiger partial charge on any atom is -0.493 e. The molecule has 108 valence electrons. The topological polar surface area (TPSA) is 52.6 Å². The standard InChI is InChI=1S/C14H18N2O3S/c1-15-7-9-8-20-14(16-9)10-5-6-11(17-2)13(19-4)12(10)18-3/h5-6,8,15H,7H2,1-4H3. The maximum atomic E-state index is 5.48. The van der Waals surface area contributed by atoms with Gasteiger partial charge in [0.1, 0.15) is 5.01 Å². The van der Waals surface area contributed by atoms with Crippen molar-refractivity contribution in [2.75, 3.05) is 28.4 Å². The van der Waals surface area contributed by atoms with Crippen LogP contribution in [0.4, 0.5) is 0 Å². The number of nitrogens with zero attached hydrogens (tertiary/aromatic N) is 1. The van der Waals surface area contributed by atoms with Gasteiger partial charge in [0.25, 0.3) is 0 Å². The van der Waals surface area contributed by atoms with Gasteiger partial charge in [0.15, 0.2) is 11.5 Å². The van der Waals surface area contributed by atoms with Gasteiger partial charge in [-0.25, -0.2) is 4.98 Å². The number of aromatic nitrogens is 1. The molecule has 0 saturated heterocycles. The monoisotopic (exact) mass is 294 g/mol. The summed E-state index contributed by atoms with van der Waals surface area (Å²) >= 11 is 1.58. The molecule has 0 aliphatic rings. The van der Waals surface area contributed by atoms with Crippen molar-refractivity contribution < 1.29 is 14.2 Å². The van der Waals surface area contributed by atoms with Gasteiger partial charge in [0.05, 0.1) is 32.6 Å². The summed E-state index contributed by atoms with van der Waals surface area (Å²) in [6.07, 6.45) is 0. The van der Waals surface area contributed by atoms with Crippen LogP contribution >= 0.6 is 11.3 Å². The van der Waals surface area contributed by atoms with E-state index in [0.717, 1.165) is 22.8 Å². The second kappa shape index (κ2) is 6.58. The number of thiazole rings is 1. The highest BCUT2D eigenvalue weighted by molar-refractivity contribution is 7.13. The van der Waals surface area contributed by atoms with Crippen LogP contribution in [0.25, 0.3) is 10.6 Å². The molecule has 1 heterocycles. The number of hydrogen-bond acceptors (Lipinski definition) is 6. The maximum absolute atomic E-state index is 5.48. The number of methoxy groups -OCH3 is 3. The predicted octanol–water partition coefficient (Wildman–Crippen LogP) is 2.56. The SMILES string of the molecule is CNCc1csc(-c2ccc(OC)c(OC)c2OC)n1. The van der Waals surface area contributed by atoms with Crippen LogP contribution in [-0.4, -0.2) is 33.4 Å². The van der Waals surface area contributed by atoms with E-state index < -0.39 is 0 Å². The van der Waals surface area contributed by atoms with Crippen LogP contribution in [0, 0.1) is 0 Å². The Labute approximate surface area is 122 Å². The van der Waals surface area contributed by atoms with Crippen LogP contribution < -0.4 is 19.5 Å². The summed E-state index contributed by atoms with van der Waals surface area (Å²) < 4.78 is 16.2. The predicted molar refractivity (Wildman–Crippen MR) is 80.0 cm³/mol. The summed E-state index contributed by atoms with van der Waals surface area (Å²) in [5.41, 5.74) is 1.90. The van der Waals surface area contributed by atoms with Crippen molar-refractivity contribution in [1.29, 1.82) is 0 Å². The second-order valence-corrected chi connectivity index (χ2v) is 4.91. The third-order valence-corrected chi connectivity index (χ3v) is 3.77. The Kier molecular flexibility index (Phi) is 4.81. The first-order chi connectivity index (χ1) is 9.74. The molecule has 1 aromatic carbocycles. The Morgan fingerprint density at radius 3 is 2.45 bits per heavy atom. The maximum Gasteiger partial charge on any atom is 0.204 e. The van der Waals surface area contributed by atoms with E-state index in [4.69, 9.17) is 14.2 Å². The number of benzene rings is 1. The third-order valence-electron chi connectivity index (χ3n) is 2.84. The molecular formula is C14H18N2O3S. The van der Waals surface area contributed by atoms with E-state index in [1.54, 1.807) is 32.7 Å². The fraction of sp³-hybridized carbons (Fsp3) is 0.357. The molecule has 0 saturated carbocycles. The minimum absolute atomic E-state index is 0.581. The summed E-state index contributed by atoms with van der Waals surface area (Å²) in [4.78, 5) is 4.59. The van der Waals surface area contributed by atoms with Crippen LogP contribution in [0.3, 0.4) is 0 Å². The third kappa shape index (κ3) is 2.71. The average molecular weight is 294 g/mol. The van der Waals surface area contributed by atoms with Crippen LogP contribution in [0.5, 0.6) is 17.2 Å². The Morgan fingerprint density at radius 1 is 1.10 bits per heavy atom. The molecule has 20 heavy (non-hydrogen) atoms. The van der Waals surface area contributed by atoms with Gasteiger partial charge in [-0.15, -0.1) is 11.3 Å². The van der Waals surface area contributed by atoms with Gasteiger partial charge in [-0.2, -0.15) is 0 Å². The zero-order valence-electron chi connectivity index (χ0n) is 12.0. The molecule has 1 N–H and O–H groups in total. The molecule has 0 atom stereocenters. The largest absolute Gasteiger partial charge is 0.493 e. The molecule has 0 aliphatic carbocycles. The smallest absolute Gasteiger partial charge is 0.204 e. The summed E-state index contributed by atoms with van der Waals surface area (Å²) in [7, 11) is 6.71. The van der Waals surface area contributed by atoms with Crippen LogP contribution in [0.2, 0.25) is 0 Å². The van der Waals surface area contributed by atoms with Gasteiger partial charge in [-0.3, -0.25) is 0 Å². The molecule has 5 nitrogen and oxygen atoms in total. The van der Waals surface area contributed by atoms with Crippen molar-refractivity contribution in [3.05, 3.63) is 23.2 Å². The first kappa shape index (κ1) is 14.6. The quantitative estimate of drug-likeness (QED) is 0.887. The zero-order chi connectivity index (χ0) is 14.5. The molecule has 6 heteroatoms. The average Bonchev–Trinajstić information content (AvgIpc) is 2.94. The summed E-state index contributed by atoms with van der Waals surface area (Å²) in [5.74, 6) is 1.86. The molecule has 2 aromatic rings. The second-order valence-electron chi connectivity index (χ2n) is 4.06. The van der Waals surface area contributed by atoms with Gasteiger partial charge in [0, 0.05) is 11.9 Å². The van der Waals surface area contributed by atoms with Gasteiger partial charge < -0.3 is 19.5 Å². The number of ether oxygens (including phenoxy) is 3. The van der Waals surface area contributed by atoms with Crippen molar-refractivity contribution in [3.63, 3.8) is 0 Å². The highest BCUT2D eigenvalue weighted by Crippen LogP contribution is 2.44. The molecule has 0 bridgehead atoms. The van der Waals surface area contributed by atoms with Gasteiger partial charge in [-0.05, 0) is 19.2 Å². The van der Waals surface area contributed by atoms with Crippen LogP contribution in [0.1, 0.15) is 5.69 Å². The molecule has 2 rings (SSSR count). The summed E-state index contributed by atoms with van der Waals surface area (Å²) in [6, 6.07) is 3.79. The molecule has 0 unspecified atom stereocenters. The van der Waals surface area contributed by atoms with Crippen molar-refractivity contribution >= 4 is 11.3 Å². The van der Waals surface area contributed by atoms with Crippen molar-refractivity contribution in [2.24, 2.45) is 0 Å². The Morgan fingerprint density at radius 2 is 1.85 bits per heavy atom. The van der Waals surface area contributed by atoms with Gasteiger partial charge >= 0.3 is 0 Å². The summed E-state index contributed by atoms with van der Waals surface area (Å²) in [5, 5.41) is 6.01. The van der Waals surface area contributed by atoms with Crippen molar-refractivity contribution in [3.8, 4) is 27.8 Å². The van der Waals surface area contributed by atoms with Crippen molar-refractivity contribution in [1.82, 2.24) is 10.3 Å². The minimum atomic E-state index is 0.581. The van der Waals surface area contributed by atoms with Gasteiger partial charge in [0.2, 0.25) is 5.75 Å². The molecule has 0 spiro atoms. The molecule has 0 fully saturated rings. The fourth-order valence-corrected chi connectivity index (χ4v) is 2.80. The number of nitrogens with one attached hydrogen (secondary N) is 1.